The van der Waals surface area contributed by atoms with Crippen molar-refractivity contribution in [3.8, 4) is 0 Å². The third-order valence-electron chi connectivity index (χ3n) is 3.16. The van der Waals surface area contributed by atoms with Gasteiger partial charge >= 0.3 is 5.72 Å². The molecule has 0 aliphatic heterocycles. The highest BCUT2D eigenvalue weighted by atomic mass is 16.7. The molecule has 3 N–H and O–H groups in total. The van der Waals surface area contributed by atoms with Crippen molar-refractivity contribution in [2.24, 2.45) is 5.84 Å². The number of nitrogens with two attached hydrogens (primary N) is 1. The zero-order chi connectivity index (χ0) is 14.6. The Kier molecular flexibility index (Phi) is 4.29. The van der Waals surface area contributed by atoms with Crippen LogP contribution in [0, 0.1) is 10.1 Å². The lowest BCUT2D eigenvalue weighted by Crippen LogP contribution is -2.38. The summed E-state index contributed by atoms with van der Waals surface area (Å²) in [5, 5.41) is 22.0. The van der Waals surface area contributed by atoms with E-state index < -0.39 is 10.6 Å². The van der Waals surface area contributed by atoms with Crippen molar-refractivity contribution in [1.29, 1.82) is 0 Å². The first kappa shape index (κ1) is 14.4. The fourth-order valence-electron chi connectivity index (χ4n) is 2.02. The van der Waals surface area contributed by atoms with Crippen LogP contribution < -0.4 is 5.84 Å². The average Bonchev–Trinajstić information content (AvgIpc) is 2.42. The van der Waals surface area contributed by atoms with Gasteiger partial charge in [0.05, 0.1) is 11.3 Å². The lowest BCUT2D eigenvalue weighted by molar-refractivity contribution is -0.607. The zero-order valence-electron chi connectivity index (χ0n) is 11.0. The van der Waals surface area contributed by atoms with Crippen molar-refractivity contribution < 1.29 is 10.0 Å². The third-order valence-corrected chi connectivity index (χ3v) is 3.16. The van der Waals surface area contributed by atoms with Crippen molar-refractivity contribution in [2.45, 2.75) is 18.7 Å². The summed E-state index contributed by atoms with van der Waals surface area (Å²) in [6.45, 7) is 1.06. The van der Waals surface area contributed by atoms with Crippen molar-refractivity contribution in [2.75, 3.05) is 6.54 Å². The molecule has 1 aliphatic carbocycles. The van der Waals surface area contributed by atoms with Gasteiger partial charge in [-0.25, -0.2) is 5.01 Å². The quantitative estimate of drug-likeness (QED) is 0.365. The van der Waals surface area contributed by atoms with E-state index >= 15 is 0 Å². The molecule has 0 aromatic heterocycles. The Labute approximate surface area is 116 Å². The molecular weight excluding hydrogens is 258 g/mol. The molecule has 0 bridgehead atoms. The van der Waals surface area contributed by atoms with Crippen LogP contribution in [0.25, 0.3) is 0 Å². The Morgan fingerprint density at radius 3 is 2.60 bits per heavy atom. The minimum Gasteiger partial charge on any atom is -0.327 e. The topological polar surface area (TPSA) is 92.6 Å². The first-order valence-corrected chi connectivity index (χ1v) is 6.28. The highest BCUT2D eigenvalue weighted by Gasteiger charge is 2.37. The summed E-state index contributed by atoms with van der Waals surface area (Å²) in [6.07, 6.45) is 4.37. The van der Waals surface area contributed by atoms with Gasteiger partial charge in [-0.2, -0.15) is 0 Å². The largest absolute Gasteiger partial charge is 0.345 e. The van der Waals surface area contributed by atoms with E-state index in [1.54, 1.807) is 17.2 Å². The molecule has 1 aliphatic rings. The second kappa shape index (κ2) is 5.96. The SMILES string of the molecule is NN(CC1=CCC(O)([N+](=O)[O-])C=C1)Cc1ccccc1. The first-order valence-electron chi connectivity index (χ1n) is 6.28. The maximum absolute atomic E-state index is 10.7. The average molecular weight is 275 g/mol. The summed E-state index contributed by atoms with van der Waals surface area (Å²) in [7, 11) is 0. The number of benzene rings is 1. The minimum atomic E-state index is -1.98. The molecule has 0 saturated carbocycles. The number of aliphatic hydroxyl groups is 1. The first-order chi connectivity index (χ1) is 9.49. The van der Waals surface area contributed by atoms with E-state index in [-0.39, 0.29) is 6.42 Å². The van der Waals surface area contributed by atoms with E-state index in [0.717, 1.165) is 11.1 Å². The standard InChI is InChI=1S/C14H17N3O3/c15-16(10-12-4-2-1-3-5-12)11-13-6-8-14(18,9-7-13)17(19)20/h1-8,18H,9-11,15H2. The predicted molar refractivity (Wildman–Crippen MR) is 74.8 cm³/mol. The molecule has 106 valence electrons. The number of hydrazine groups is 1. The summed E-state index contributed by atoms with van der Waals surface area (Å²) >= 11 is 0. The Balaban J connectivity index is 1.91. The van der Waals surface area contributed by atoms with Crippen molar-refractivity contribution >= 4 is 0 Å². The zero-order valence-corrected chi connectivity index (χ0v) is 11.0. The van der Waals surface area contributed by atoms with Crippen molar-refractivity contribution in [3.05, 3.63) is 69.8 Å². The maximum atomic E-state index is 10.7. The second-order valence-electron chi connectivity index (χ2n) is 4.84. The lowest BCUT2D eigenvalue weighted by atomic mass is 10.00. The van der Waals surface area contributed by atoms with Crippen LogP contribution in [0.4, 0.5) is 0 Å². The predicted octanol–water partition coefficient (Wildman–Crippen LogP) is 1.21. The molecule has 6 nitrogen and oxygen atoms in total. The van der Waals surface area contributed by atoms with Crippen LogP contribution in [0.3, 0.4) is 0 Å². The Morgan fingerprint density at radius 1 is 1.35 bits per heavy atom. The Hall–Kier alpha value is -2.02. The van der Waals surface area contributed by atoms with Gasteiger partial charge in [0.25, 0.3) is 0 Å². The van der Waals surface area contributed by atoms with E-state index in [9.17, 15) is 15.2 Å². The minimum absolute atomic E-state index is 0.0367. The van der Waals surface area contributed by atoms with Crippen molar-refractivity contribution in [3.63, 3.8) is 0 Å². The molecule has 0 amide bonds. The number of nitro groups is 1. The molecule has 0 heterocycles. The van der Waals surface area contributed by atoms with Crippen LogP contribution in [0.5, 0.6) is 0 Å². The smallest absolute Gasteiger partial charge is 0.327 e. The molecule has 2 rings (SSSR count). The molecular formula is C14H17N3O3. The molecule has 0 spiro atoms. The molecule has 0 fully saturated rings. The van der Waals surface area contributed by atoms with Crippen molar-refractivity contribution in [1.82, 2.24) is 5.01 Å². The fraction of sp³-hybridized carbons (Fsp3) is 0.286. The van der Waals surface area contributed by atoms with Crippen LogP contribution in [0.2, 0.25) is 0 Å². The Morgan fingerprint density at radius 2 is 2.05 bits per heavy atom. The van der Waals surface area contributed by atoms with Gasteiger partial charge in [-0.1, -0.05) is 42.5 Å². The summed E-state index contributed by atoms with van der Waals surface area (Å²) in [4.78, 5) is 9.99. The molecule has 1 unspecified atom stereocenters. The third kappa shape index (κ3) is 3.51. The van der Waals surface area contributed by atoms with Gasteiger partial charge in [0.1, 0.15) is 0 Å². The second-order valence-corrected chi connectivity index (χ2v) is 4.84. The molecule has 1 aromatic carbocycles. The van der Waals surface area contributed by atoms with Gasteiger partial charge in [-0.05, 0) is 11.1 Å². The number of hydrogen-bond acceptors (Lipinski definition) is 5. The normalized spacial score (nSPS) is 21.9. The van der Waals surface area contributed by atoms with Crippen LogP contribution in [0.15, 0.2) is 54.1 Å². The van der Waals surface area contributed by atoms with E-state index in [2.05, 4.69) is 0 Å². The van der Waals surface area contributed by atoms with Gasteiger partial charge in [0.2, 0.25) is 0 Å². The molecule has 1 aromatic rings. The van der Waals surface area contributed by atoms with Gasteiger partial charge < -0.3 is 5.11 Å². The highest BCUT2D eigenvalue weighted by Crippen LogP contribution is 2.21. The summed E-state index contributed by atoms with van der Waals surface area (Å²) < 4.78 is 0. The van der Waals surface area contributed by atoms with Crippen LogP contribution in [-0.4, -0.2) is 27.3 Å². The van der Waals surface area contributed by atoms with Crippen LogP contribution in [0.1, 0.15) is 12.0 Å². The van der Waals surface area contributed by atoms with Crippen LogP contribution >= 0.6 is 0 Å². The summed E-state index contributed by atoms with van der Waals surface area (Å²) in [5.41, 5.74) is -0.0327. The van der Waals surface area contributed by atoms with E-state index in [1.165, 1.54) is 6.08 Å². The van der Waals surface area contributed by atoms with Gasteiger partial charge in [0.15, 0.2) is 0 Å². The van der Waals surface area contributed by atoms with E-state index in [1.807, 2.05) is 30.3 Å². The number of rotatable bonds is 5. The molecule has 0 saturated heterocycles. The van der Waals surface area contributed by atoms with Gasteiger partial charge in [0, 0.05) is 19.2 Å². The molecule has 1 atom stereocenters. The monoisotopic (exact) mass is 275 g/mol. The molecule has 0 radical (unpaired) electrons. The van der Waals surface area contributed by atoms with Gasteiger partial charge in [-0.15, -0.1) is 0 Å². The molecule has 6 heteroatoms. The maximum Gasteiger partial charge on any atom is 0.345 e. The highest BCUT2D eigenvalue weighted by molar-refractivity contribution is 5.27. The lowest BCUT2D eigenvalue weighted by Gasteiger charge is -2.21. The van der Waals surface area contributed by atoms with E-state index in [0.29, 0.717) is 13.1 Å². The summed E-state index contributed by atoms with van der Waals surface area (Å²) in [6, 6.07) is 9.79. The van der Waals surface area contributed by atoms with Crippen LogP contribution in [-0.2, 0) is 6.54 Å². The Bertz CT molecular complexity index is 542. The summed E-state index contributed by atoms with van der Waals surface area (Å²) in [5.74, 6) is 5.93. The number of nitrogens with zero attached hydrogens (tertiary/aromatic N) is 2. The van der Waals surface area contributed by atoms with E-state index in [4.69, 9.17) is 5.84 Å². The van der Waals surface area contributed by atoms with Gasteiger partial charge in [-0.3, -0.25) is 16.0 Å². The molecule has 20 heavy (non-hydrogen) atoms. The number of hydrogen-bond donors (Lipinski definition) is 2. The fourth-order valence-corrected chi connectivity index (χ4v) is 2.02.